The van der Waals surface area contributed by atoms with Crippen LogP contribution in [-0.4, -0.2) is 6.54 Å². The summed E-state index contributed by atoms with van der Waals surface area (Å²) in [6.45, 7) is 0.832. The van der Waals surface area contributed by atoms with Crippen molar-refractivity contribution in [3.05, 3.63) is 40.5 Å². The Balaban J connectivity index is 2.34. The average molecular weight is 215 g/mol. The molecule has 1 aromatic rings. The number of hydrogen-bond acceptors (Lipinski definition) is 2. The van der Waals surface area contributed by atoms with Gasteiger partial charge in [0.1, 0.15) is 0 Å². The molecule has 1 aliphatic rings. The van der Waals surface area contributed by atoms with Gasteiger partial charge in [-0.1, -0.05) is 29.3 Å². The van der Waals surface area contributed by atoms with Gasteiger partial charge in [-0.15, -0.1) is 0 Å². The van der Waals surface area contributed by atoms with Gasteiger partial charge in [0.15, 0.2) is 0 Å². The summed E-state index contributed by atoms with van der Waals surface area (Å²) >= 11 is 11.8. The highest BCUT2D eigenvalue weighted by atomic mass is 35.5. The first-order valence-corrected chi connectivity index (χ1v) is 4.67. The van der Waals surface area contributed by atoms with Crippen molar-refractivity contribution in [2.45, 2.75) is 0 Å². The molecule has 0 aliphatic carbocycles. The van der Waals surface area contributed by atoms with E-state index in [0.717, 1.165) is 12.2 Å². The van der Waals surface area contributed by atoms with E-state index in [4.69, 9.17) is 23.2 Å². The largest absolute Gasteiger partial charge is 0.283 e. The second-order valence-electron chi connectivity index (χ2n) is 2.71. The summed E-state index contributed by atoms with van der Waals surface area (Å²) in [5.74, 6) is 0. The molecule has 0 saturated carbocycles. The summed E-state index contributed by atoms with van der Waals surface area (Å²) in [6.07, 6.45) is 3.96. The Morgan fingerprint density at radius 2 is 2.15 bits per heavy atom. The molecular weight excluding hydrogens is 207 g/mol. The molecule has 0 atom stereocenters. The monoisotopic (exact) mass is 214 g/mol. The minimum Gasteiger partial charge on any atom is -0.283 e. The van der Waals surface area contributed by atoms with Crippen molar-refractivity contribution in [1.82, 2.24) is 5.43 Å². The van der Waals surface area contributed by atoms with E-state index < -0.39 is 0 Å². The van der Waals surface area contributed by atoms with Crippen LogP contribution in [0.15, 0.2) is 30.5 Å². The van der Waals surface area contributed by atoms with Crippen molar-refractivity contribution in [3.63, 3.8) is 0 Å². The molecule has 0 spiro atoms. The van der Waals surface area contributed by atoms with E-state index >= 15 is 0 Å². The van der Waals surface area contributed by atoms with Gasteiger partial charge in [0.05, 0.1) is 10.7 Å². The van der Waals surface area contributed by atoms with Crippen molar-refractivity contribution in [2.24, 2.45) is 0 Å². The molecule has 0 aromatic heterocycles. The summed E-state index contributed by atoms with van der Waals surface area (Å²) in [4.78, 5) is 0. The number of anilines is 1. The molecule has 1 aliphatic heterocycles. The van der Waals surface area contributed by atoms with Crippen LogP contribution in [0.1, 0.15) is 0 Å². The summed E-state index contributed by atoms with van der Waals surface area (Å²) < 4.78 is 0. The number of rotatable bonds is 1. The molecule has 0 radical (unpaired) electrons. The molecule has 2 nitrogen and oxygen atoms in total. The number of nitrogens with one attached hydrogen (secondary N) is 1. The molecule has 1 aromatic carbocycles. The zero-order valence-corrected chi connectivity index (χ0v) is 8.31. The van der Waals surface area contributed by atoms with Crippen LogP contribution in [0.3, 0.4) is 0 Å². The molecule has 0 saturated heterocycles. The molecule has 0 bridgehead atoms. The standard InChI is InChI=1S/C9H8Cl2N2/c10-7-2-3-9(8(11)6-7)13-5-1-4-12-13/h1-3,5-6,12H,4H2. The molecule has 4 heteroatoms. The van der Waals surface area contributed by atoms with Gasteiger partial charge >= 0.3 is 0 Å². The summed E-state index contributed by atoms with van der Waals surface area (Å²) in [7, 11) is 0. The first-order valence-electron chi connectivity index (χ1n) is 3.92. The Hall–Kier alpha value is -0.700. The lowest BCUT2D eigenvalue weighted by atomic mass is 10.3. The maximum Gasteiger partial charge on any atom is 0.0758 e. The minimum absolute atomic E-state index is 0.645. The zero-order valence-electron chi connectivity index (χ0n) is 6.80. The quantitative estimate of drug-likeness (QED) is 0.774. The van der Waals surface area contributed by atoms with Gasteiger partial charge in [-0.3, -0.25) is 5.01 Å². The van der Waals surface area contributed by atoms with E-state index in [0.29, 0.717) is 10.0 Å². The lowest BCUT2D eigenvalue weighted by Crippen LogP contribution is -2.28. The summed E-state index contributed by atoms with van der Waals surface area (Å²) in [6, 6.07) is 5.43. The van der Waals surface area contributed by atoms with Crippen LogP contribution >= 0.6 is 23.2 Å². The van der Waals surface area contributed by atoms with Crippen molar-refractivity contribution in [3.8, 4) is 0 Å². The van der Waals surface area contributed by atoms with E-state index in [1.54, 1.807) is 6.07 Å². The fraction of sp³-hybridized carbons (Fsp3) is 0.111. The minimum atomic E-state index is 0.645. The van der Waals surface area contributed by atoms with Crippen LogP contribution in [0.25, 0.3) is 0 Å². The van der Waals surface area contributed by atoms with E-state index in [2.05, 4.69) is 5.43 Å². The number of benzene rings is 1. The molecule has 0 unspecified atom stereocenters. The molecule has 0 amide bonds. The molecule has 1 N–H and O–H groups in total. The Kier molecular flexibility index (Phi) is 2.44. The zero-order chi connectivity index (χ0) is 9.26. The van der Waals surface area contributed by atoms with Crippen LogP contribution in [0.2, 0.25) is 10.0 Å². The predicted molar refractivity (Wildman–Crippen MR) is 56.1 cm³/mol. The fourth-order valence-corrected chi connectivity index (χ4v) is 1.70. The Morgan fingerprint density at radius 1 is 1.31 bits per heavy atom. The van der Waals surface area contributed by atoms with Crippen molar-refractivity contribution in [1.29, 1.82) is 0 Å². The van der Waals surface area contributed by atoms with Gasteiger partial charge in [0, 0.05) is 17.8 Å². The number of hydrazine groups is 1. The highest BCUT2D eigenvalue weighted by molar-refractivity contribution is 6.36. The summed E-state index contributed by atoms with van der Waals surface area (Å²) in [5.41, 5.74) is 4.04. The van der Waals surface area contributed by atoms with Gasteiger partial charge in [-0.05, 0) is 18.2 Å². The fourth-order valence-electron chi connectivity index (χ4n) is 1.20. The van der Waals surface area contributed by atoms with E-state index in [9.17, 15) is 0 Å². The maximum absolute atomic E-state index is 6.01. The molecular formula is C9H8Cl2N2. The Morgan fingerprint density at radius 3 is 2.77 bits per heavy atom. The first-order chi connectivity index (χ1) is 6.27. The van der Waals surface area contributed by atoms with Crippen molar-refractivity contribution in [2.75, 3.05) is 11.6 Å². The third-order valence-electron chi connectivity index (χ3n) is 1.80. The van der Waals surface area contributed by atoms with E-state index in [-0.39, 0.29) is 0 Å². The van der Waals surface area contributed by atoms with Crippen LogP contribution in [0.5, 0.6) is 0 Å². The van der Waals surface area contributed by atoms with Gasteiger partial charge in [0.2, 0.25) is 0 Å². The molecule has 0 fully saturated rings. The first kappa shape index (κ1) is 8.88. The van der Waals surface area contributed by atoms with Gasteiger partial charge in [0.25, 0.3) is 0 Å². The van der Waals surface area contributed by atoms with Gasteiger partial charge < -0.3 is 0 Å². The third-order valence-corrected chi connectivity index (χ3v) is 2.34. The molecule has 13 heavy (non-hydrogen) atoms. The third kappa shape index (κ3) is 1.80. The van der Waals surface area contributed by atoms with Gasteiger partial charge in [-0.25, -0.2) is 5.43 Å². The molecule has 68 valence electrons. The van der Waals surface area contributed by atoms with Crippen molar-refractivity contribution < 1.29 is 0 Å². The molecule has 1 heterocycles. The van der Waals surface area contributed by atoms with E-state index in [1.165, 1.54) is 0 Å². The highest BCUT2D eigenvalue weighted by Crippen LogP contribution is 2.28. The smallest absolute Gasteiger partial charge is 0.0758 e. The van der Waals surface area contributed by atoms with Crippen molar-refractivity contribution >= 4 is 28.9 Å². The topological polar surface area (TPSA) is 15.3 Å². The normalized spacial score (nSPS) is 15.4. The number of halogens is 2. The number of nitrogens with zero attached hydrogens (tertiary/aromatic N) is 1. The predicted octanol–water partition coefficient (Wildman–Crippen LogP) is 2.83. The lowest BCUT2D eigenvalue weighted by molar-refractivity contribution is 0.814. The summed E-state index contributed by atoms with van der Waals surface area (Å²) in [5, 5.41) is 3.17. The van der Waals surface area contributed by atoms with Crippen LogP contribution < -0.4 is 10.4 Å². The highest BCUT2D eigenvalue weighted by Gasteiger charge is 2.09. The molecule has 2 rings (SSSR count). The van der Waals surface area contributed by atoms with E-state index in [1.807, 2.05) is 29.4 Å². The Labute approximate surface area is 86.7 Å². The van der Waals surface area contributed by atoms with Crippen LogP contribution in [0, 0.1) is 0 Å². The SMILES string of the molecule is Clc1ccc(N2C=CCN2)c(Cl)c1. The maximum atomic E-state index is 6.01. The van der Waals surface area contributed by atoms with Crippen LogP contribution in [0.4, 0.5) is 5.69 Å². The lowest BCUT2D eigenvalue weighted by Gasteiger charge is -2.17. The number of hydrogen-bond donors (Lipinski definition) is 1. The Bertz CT molecular complexity index is 349. The second kappa shape index (κ2) is 3.58. The average Bonchev–Trinajstić information content (AvgIpc) is 2.56. The second-order valence-corrected chi connectivity index (χ2v) is 3.56. The van der Waals surface area contributed by atoms with Crippen LogP contribution in [-0.2, 0) is 0 Å². The van der Waals surface area contributed by atoms with Gasteiger partial charge in [-0.2, -0.15) is 0 Å².